The maximum Gasteiger partial charge on any atom is 0.354 e. The van der Waals surface area contributed by atoms with Crippen molar-refractivity contribution in [2.75, 3.05) is 31.1 Å². The molecule has 1 N–H and O–H groups in total. The van der Waals surface area contributed by atoms with E-state index in [0.29, 0.717) is 19.1 Å². The molecule has 2 fully saturated rings. The lowest BCUT2D eigenvalue weighted by atomic mass is 10.1. The number of nitrogens with zero attached hydrogens (tertiary/aromatic N) is 4. The Labute approximate surface area is 121 Å². The van der Waals surface area contributed by atoms with Crippen LogP contribution in [0.3, 0.4) is 0 Å². The van der Waals surface area contributed by atoms with Crippen molar-refractivity contribution in [3.05, 3.63) is 27.9 Å². The predicted octanol–water partition coefficient (Wildman–Crippen LogP) is 0.972. The lowest BCUT2D eigenvalue weighted by Gasteiger charge is -2.37. The fraction of sp³-hybridized carbons (Fsp3) is 0.538. The highest BCUT2D eigenvalue weighted by atomic mass is 16.6. The molecule has 3 heterocycles. The van der Waals surface area contributed by atoms with Gasteiger partial charge in [-0.05, 0) is 25.5 Å². The number of aromatic carboxylic acids is 1. The Morgan fingerprint density at radius 2 is 2.19 bits per heavy atom. The van der Waals surface area contributed by atoms with E-state index in [1.165, 1.54) is 12.1 Å². The summed E-state index contributed by atoms with van der Waals surface area (Å²) in [5.41, 5.74) is -0.295. The van der Waals surface area contributed by atoms with Crippen molar-refractivity contribution in [3.63, 3.8) is 0 Å². The third-order valence-corrected chi connectivity index (χ3v) is 4.16. The number of nitro groups is 1. The van der Waals surface area contributed by atoms with Crippen LogP contribution in [0.25, 0.3) is 0 Å². The van der Waals surface area contributed by atoms with Gasteiger partial charge in [0.25, 0.3) is 0 Å². The summed E-state index contributed by atoms with van der Waals surface area (Å²) in [7, 11) is 0. The number of pyridine rings is 1. The highest BCUT2D eigenvalue weighted by molar-refractivity contribution is 5.86. The van der Waals surface area contributed by atoms with Crippen molar-refractivity contribution in [1.82, 2.24) is 9.88 Å². The summed E-state index contributed by atoms with van der Waals surface area (Å²) in [6.45, 7) is 3.20. The first-order valence-corrected chi connectivity index (χ1v) is 6.94. The number of piperazine rings is 1. The lowest BCUT2D eigenvalue weighted by molar-refractivity contribution is -0.384. The van der Waals surface area contributed by atoms with E-state index < -0.39 is 10.9 Å². The number of fused-ring (bicyclic) bond motifs is 1. The Balaban J connectivity index is 1.93. The Morgan fingerprint density at radius 3 is 2.90 bits per heavy atom. The van der Waals surface area contributed by atoms with Crippen molar-refractivity contribution in [2.24, 2.45) is 0 Å². The molecule has 0 aliphatic carbocycles. The van der Waals surface area contributed by atoms with E-state index in [9.17, 15) is 14.9 Å². The summed E-state index contributed by atoms with van der Waals surface area (Å²) in [4.78, 5) is 29.9. The maximum atomic E-state index is 11.2. The predicted molar refractivity (Wildman–Crippen MR) is 74.7 cm³/mol. The van der Waals surface area contributed by atoms with Gasteiger partial charge in [0.1, 0.15) is 0 Å². The fourth-order valence-corrected chi connectivity index (χ4v) is 3.12. The van der Waals surface area contributed by atoms with Crippen LogP contribution in [0.4, 0.5) is 11.5 Å². The van der Waals surface area contributed by atoms with Gasteiger partial charge in [-0.15, -0.1) is 0 Å². The van der Waals surface area contributed by atoms with Gasteiger partial charge in [-0.3, -0.25) is 15.0 Å². The van der Waals surface area contributed by atoms with Crippen LogP contribution < -0.4 is 4.90 Å². The number of aromatic nitrogens is 1. The largest absolute Gasteiger partial charge is 0.477 e. The van der Waals surface area contributed by atoms with Crippen LogP contribution in [0.5, 0.6) is 0 Å². The Kier molecular flexibility index (Phi) is 3.46. The van der Waals surface area contributed by atoms with Gasteiger partial charge in [0.15, 0.2) is 5.69 Å². The molecule has 3 rings (SSSR count). The first-order valence-electron chi connectivity index (χ1n) is 6.94. The number of hydrogen-bond donors (Lipinski definition) is 1. The Morgan fingerprint density at radius 1 is 1.38 bits per heavy atom. The molecule has 8 heteroatoms. The average molecular weight is 292 g/mol. The van der Waals surface area contributed by atoms with Crippen molar-refractivity contribution >= 4 is 17.5 Å². The van der Waals surface area contributed by atoms with Gasteiger partial charge in [-0.2, -0.15) is 0 Å². The SMILES string of the molecule is O=C(O)c1ccc([N+](=O)[O-])c(N2CCN3CCCC3C2)n1. The third kappa shape index (κ3) is 2.54. The molecule has 0 radical (unpaired) electrons. The van der Waals surface area contributed by atoms with Crippen LogP contribution in [-0.2, 0) is 0 Å². The first-order chi connectivity index (χ1) is 10.1. The van der Waals surface area contributed by atoms with Crippen LogP contribution in [0.15, 0.2) is 12.1 Å². The summed E-state index contributed by atoms with van der Waals surface area (Å²) in [5.74, 6) is -1.00. The van der Waals surface area contributed by atoms with E-state index in [4.69, 9.17) is 5.11 Å². The molecule has 1 aromatic heterocycles. The van der Waals surface area contributed by atoms with Crippen LogP contribution in [0.2, 0.25) is 0 Å². The van der Waals surface area contributed by atoms with E-state index in [-0.39, 0.29) is 17.2 Å². The minimum absolute atomic E-state index is 0.133. The second kappa shape index (κ2) is 5.28. The van der Waals surface area contributed by atoms with Gasteiger partial charge in [-0.1, -0.05) is 0 Å². The molecule has 1 atom stereocenters. The van der Waals surface area contributed by atoms with Gasteiger partial charge < -0.3 is 10.0 Å². The highest BCUT2D eigenvalue weighted by Crippen LogP contribution is 2.30. The number of hydrogen-bond acceptors (Lipinski definition) is 6. The molecule has 1 unspecified atom stereocenters. The molecule has 0 bridgehead atoms. The summed E-state index contributed by atoms with van der Waals surface area (Å²) < 4.78 is 0. The summed E-state index contributed by atoms with van der Waals surface area (Å²) in [6, 6.07) is 2.79. The number of carboxylic acid groups (broad SMARTS) is 1. The molecule has 8 nitrogen and oxygen atoms in total. The first kappa shape index (κ1) is 13.7. The molecular weight excluding hydrogens is 276 g/mol. The minimum atomic E-state index is -1.18. The summed E-state index contributed by atoms with van der Waals surface area (Å²) in [5, 5.41) is 20.2. The second-order valence-electron chi connectivity index (χ2n) is 5.38. The molecule has 0 spiro atoms. The minimum Gasteiger partial charge on any atom is -0.477 e. The zero-order chi connectivity index (χ0) is 15.0. The third-order valence-electron chi connectivity index (χ3n) is 4.16. The molecule has 0 saturated carbocycles. The number of carboxylic acids is 1. The quantitative estimate of drug-likeness (QED) is 0.654. The molecule has 2 aliphatic heterocycles. The van der Waals surface area contributed by atoms with Gasteiger partial charge in [0.2, 0.25) is 5.82 Å². The van der Waals surface area contributed by atoms with Gasteiger partial charge in [0, 0.05) is 31.7 Å². The van der Waals surface area contributed by atoms with Crippen molar-refractivity contribution in [2.45, 2.75) is 18.9 Å². The van der Waals surface area contributed by atoms with Gasteiger partial charge in [-0.25, -0.2) is 9.78 Å². The van der Waals surface area contributed by atoms with E-state index in [1.807, 2.05) is 4.90 Å². The summed E-state index contributed by atoms with van der Waals surface area (Å²) in [6.07, 6.45) is 2.21. The Hall–Kier alpha value is -2.22. The highest BCUT2D eigenvalue weighted by Gasteiger charge is 2.34. The standard InChI is InChI=1S/C13H16N4O4/c18-13(19)10-3-4-11(17(20)21)12(14-10)16-7-6-15-5-1-2-9(15)8-16/h3-4,9H,1-2,5-8H2,(H,18,19). The van der Waals surface area contributed by atoms with Crippen molar-refractivity contribution in [1.29, 1.82) is 0 Å². The molecule has 2 aliphatic rings. The zero-order valence-corrected chi connectivity index (χ0v) is 11.4. The summed E-state index contributed by atoms with van der Waals surface area (Å²) >= 11 is 0. The van der Waals surface area contributed by atoms with Crippen molar-refractivity contribution < 1.29 is 14.8 Å². The second-order valence-corrected chi connectivity index (χ2v) is 5.38. The topological polar surface area (TPSA) is 99.8 Å². The normalized spacial score (nSPS) is 22.1. The number of anilines is 1. The van der Waals surface area contributed by atoms with E-state index in [2.05, 4.69) is 9.88 Å². The maximum absolute atomic E-state index is 11.2. The lowest BCUT2D eigenvalue weighted by Crippen LogP contribution is -2.50. The van der Waals surface area contributed by atoms with Gasteiger partial charge >= 0.3 is 11.7 Å². The molecule has 112 valence electrons. The van der Waals surface area contributed by atoms with Crippen LogP contribution >= 0.6 is 0 Å². The van der Waals surface area contributed by atoms with E-state index in [1.54, 1.807) is 0 Å². The Bertz CT molecular complexity index is 592. The van der Waals surface area contributed by atoms with E-state index in [0.717, 1.165) is 25.9 Å². The van der Waals surface area contributed by atoms with Crippen LogP contribution in [0.1, 0.15) is 23.3 Å². The van der Waals surface area contributed by atoms with E-state index >= 15 is 0 Å². The van der Waals surface area contributed by atoms with Crippen LogP contribution in [0, 0.1) is 10.1 Å². The molecule has 0 amide bonds. The molecule has 1 aromatic rings. The molecule has 21 heavy (non-hydrogen) atoms. The van der Waals surface area contributed by atoms with Crippen LogP contribution in [-0.4, -0.2) is 58.1 Å². The smallest absolute Gasteiger partial charge is 0.354 e. The zero-order valence-electron chi connectivity index (χ0n) is 11.4. The van der Waals surface area contributed by atoms with Crippen molar-refractivity contribution in [3.8, 4) is 0 Å². The molecular formula is C13H16N4O4. The number of carbonyl (C=O) groups is 1. The molecule has 2 saturated heterocycles. The van der Waals surface area contributed by atoms with Gasteiger partial charge in [0.05, 0.1) is 4.92 Å². The monoisotopic (exact) mass is 292 g/mol. The fourth-order valence-electron chi connectivity index (χ4n) is 3.12. The average Bonchev–Trinajstić information content (AvgIpc) is 2.93. The molecule has 0 aromatic carbocycles. The number of rotatable bonds is 3.